The molecule has 2 aliphatic rings. The molecule has 2 atom stereocenters. The van der Waals surface area contributed by atoms with E-state index in [2.05, 4.69) is 300 Å². The fraction of sp³-hybridized carbons (Fsp3) is 0.298. The Morgan fingerprint density at radius 3 is 0.840 bits per heavy atom. The predicted molar refractivity (Wildman–Crippen MR) is 568 cm³/mol. The van der Waals surface area contributed by atoms with Crippen LogP contribution in [-0.4, -0.2) is 66.9 Å². The zero-order valence-electron chi connectivity index (χ0n) is 84.4. The second-order valence-corrected chi connectivity index (χ2v) is 43.5. The molecule has 15 nitrogen and oxygen atoms in total. The number of aromatic hydroxyl groups is 2. The van der Waals surface area contributed by atoms with Crippen LogP contribution >= 0.6 is 0 Å². The van der Waals surface area contributed by atoms with Gasteiger partial charge in [-0.3, -0.25) is 0 Å². The molecule has 0 spiro atoms. The summed E-state index contributed by atoms with van der Waals surface area (Å²) < 4.78 is 155. The molecular formula is C121H136F4O15S4. The van der Waals surface area contributed by atoms with Crippen LogP contribution < -0.4 is 18.9 Å². The predicted octanol–water partition coefficient (Wildman–Crippen LogP) is 30.8. The van der Waals surface area contributed by atoms with Gasteiger partial charge in [-0.05, 0) is 266 Å². The Labute approximate surface area is 856 Å². The van der Waals surface area contributed by atoms with Crippen LogP contribution in [0.3, 0.4) is 0 Å². The number of esters is 1. The number of hydrogen-bond acceptors (Lipinski definition) is 15. The van der Waals surface area contributed by atoms with Crippen LogP contribution in [0.4, 0.5) is 17.6 Å². The molecule has 2 saturated carbocycles. The van der Waals surface area contributed by atoms with Gasteiger partial charge in [0.2, 0.25) is 30.0 Å². The Kier molecular flexibility index (Phi) is 47.4. The molecular weight excluding hydrogens is 1900 g/mol. The first-order valence-corrected chi connectivity index (χ1v) is 54.4. The van der Waals surface area contributed by atoms with Gasteiger partial charge < -0.3 is 47.7 Å². The van der Waals surface area contributed by atoms with Crippen molar-refractivity contribution in [2.75, 3.05) is 0 Å². The number of hydrogen-bond donors (Lipinski definition) is 2. The number of phenols is 2. The van der Waals surface area contributed by atoms with E-state index in [1.54, 1.807) is 60.7 Å². The van der Waals surface area contributed by atoms with Gasteiger partial charge in [0.1, 0.15) is 59.6 Å². The number of phenolic OH excluding ortho intramolecular Hbond substituents is 2. The SMILES string of the molecule is CCc1ccc(O)cc1.CCc1ccc(O)cc1.CCc1ccc(OC(=O)c2ccccc2S(=O)(=O)[O-])cc1.CCc1ccc(OC(CC(C)(C)C)OC2CCCCC2)cc1.CCc1ccc(OC(CC(C)(C)C)OC2CCCCC2)cc1.CCc1ccc(Oc2c(F)c(F)c(S(=O)(=O)[O-])c(F)c2F)cc1.c1ccc([S+](c2ccccc2)c2ccccc2)cc1.c1ccc([S+](c2ccccc2)c2ccccc2)cc1. The highest BCUT2D eigenvalue weighted by Gasteiger charge is 2.34. The third-order valence-electron chi connectivity index (χ3n) is 23.0. The Morgan fingerprint density at radius 1 is 0.333 bits per heavy atom. The van der Waals surface area contributed by atoms with Gasteiger partial charge in [0, 0.05) is 12.8 Å². The Morgan fingerprint density at radius 2 is 0.583 bits per heavy atom. The van der Waals surface area contributed by atoms with Crippen molar-refractivity contribution in [3.63, 3.8) is 0 Å². The van der Waals surface area contributed by atoms with Crippen molar-refractivity contribution in [1.82, 2.24) is 0 Å². The molecule has 0 heterocycles. The first kappa shape index (κ1) is 115. The number of rotatable bonds is 28. The summed E-state index contributed by atoms with van der Waals surface area (Å²) in [6, 6.07) is 113. The summed E-state index contributed by atoms with van der Waals surface area (Å²) >= 11 is 0. The third kappa shape index (κ3) is 39.7. The monoisotopic (exact) mass is 2030 g/mol. The maximum absolute atomic E-state index is 13.8. The zero-order chi connectivity index (χ0) is 104. The van der Waals surface area contributed by atoms with Crippen molar-refractivity contribution in [3.8, 4) is 40.2 Å². The average molecular weight is 2030 g/mol. The van der Waals surface area contributed by atoms with E-state index >= 15 is 0 Å². The lowest BCUT2D eigenvalue weighted by Crippen LogP contribution is -2.32. The molecule has 16 rings (SSSR count). The normalized spacial score (nSPS) is 13.0. The van der Waals surface area contributed by atoms with E-state index < -0.39 is 65.0 Å². The number of carbonyl (C=O) groups excluding carboxylic acids is 1. The Hall–Kier alpha value is -12.3. The number of aryl methyl sites for hydroxylation is 6. The first-order chi connectivity index (χ1) is 69.0. The van der Waals surface area contributed by atoms with E-state index in [4.69, 9.17) is 38.6 Å². The molecule has 14 aromatic rings. The van der Waals surface area contributed by atoms with Gasteiger partial charge >= 0.3 is 5.97 Å². The number of carbonyl (C=O) groups is 1. The molecule has 2 aliphatic carbocycles. The second-order valence-electron chi connectivity index (χ2n) is 36.7. The molecule has 0 aromatic heterocycles. The quantitative estimate of drug-likeness (QED) is 0.00884. The van der Waals surface area contributed by atoms with Crippen LogP contribution in [0.2, 0.25) is 0 Å². The van der Waals surface area contributed by atoms with Crippen molar-refractivity contribution in [2.45, 2.75) is 263 Å². The molecule has 144 heavy (non-hydrogen) atoms. The number of benzene rings is 14. The van der Waals surface area contributed by atoms with Gasteiger partial charge in [0.05, 0.1) is 44.5 Å². The average Bonchev–Trinajstić information content (AvgIpc) is 0.763. The fourth-order valence-corrected chi connectivity index (χ4v) is 20.7. The maximum atomic E-state index is 13.8. The van der Waals surface area contributed by atoms with Gasteiger partial charge in [-0.1, -0.05) is 316 Å². The van der Waals surface area contributed by atoms with Crippen LogP contribution in [0.1, 0.15) is 204 Å². The molecule has 2 N–H and O–H groups in total. The van der Waals surface area contributed by atoms with E-state index in [0.29, 0.717) is 30.1 Å². The van der Waals surface area contributed by atoms with Gasteiger partial charge in [0.15, 0.2) is 41.0 Å². The summed E-state index contributed by atoms with van der Waals surface area (Å²) in [6.07, 6.45) is 20.6. The van der Waals surface area contributed by atoms with E-state index in [1.165, 1.54) is 146 Å². The third-order valence-corrected chi connectivity index (χ3v) is 29.2. The molecule has 23 heteroatoms. The minimum absolute atomic E-state index is 0.0146. The van der Waals surface area contributed by atoms with Crippen LogP contribution in [0, 0.1) is 34.1 Å². The van der Waals surface area contributed by atoms with Gasteiger partial charge in [0.25, 0.3) is 0 Å². The summed E-state index contributed by atoms with van der Waals surface area (Å²) in [7, 11) is -10.5. The smallest absolute Gasteiger partial charge is 0.344 e. The Bertz CT molecular complexity index is 5840. The Balaban J connectivity index is 0.000000186. The molecule has 0 bridgehead atoms. The minimum Gasteiger partial charge on any atom is -0.744 e. The van der Waals surface area contributed by atoms with Crippen LogP contribution in [0.25, 0.3) is 0 Å². The van der Waals surface area contributed by atoms with E-state index in [0.717, 1.165) is 73.6 Å². The summed E-state index contributed by atoms with van der Waals surface area (Å²) in [6.45, 7) is 25.8. The van der Waals surface area contributed by atoms with Gasteiger partial charge in [-0.25, -0.2) is 30.4 Å². The lowest BCUT2D eigenvalue weighted by atomic mass is 9.91. The molecule has 0 saturated heterocycles. The molecule has 0 radical (unpaired) electrons. The summed E-state index contributed by atoms with van der Waals surface area (Å²) in [5.41, 5.74) is 7.28. The van der Waals surface area contributed by atoms with Crippen molar-refractivity contribution < 1.29 is 86.9 Å². The summed E-state index contributed by atoms with van der Waals surface area (Å²) in [5, 5.41) is 17.7. The molecule has 0 amide bonds. The first-order valence-electron chi connectivity index (χ1n) is 49.2. The highest BCUT2D eigenvalue weighted by atomic mass is 32.2. The lowest BCUT2D eigenvalue weighted by molar-refractivity contribution is -0.143. The van der Waals surface area contributed by atoms with Crippen molar-refractivity contribution >= 4 is 48.0 Å². The van der Waals surface area contributed by atoms with E-state index in [-0.39, 0.29) is 62.3 Å². The molecule has 2 fully saturated rings. The van der Waals surface area contributed by atoms with Crippen LogP contribution in [-0.2, 0) is 90.0 Å². The van der Waals surface area contributed by atoms with E-state index in [1.807, 2.05) is 38.1 Å². The molecule has 0 aliphatic heterocycles. The van der Waals surface area contributed by atoms with Crippen molar-refractivity contribution in [3.05, 3.63) is 414 Å². The van der Waals surface area contributed by atoms with E-state index in [9.17, 15) is 48.3 Å². The number of ether oxygens (including phenoxy) is 6. The minimum atomic E-state index is -5.74. The van der Waals surface area contributed by atoms with Crippen molar-refractivity contribution in [2.24, 2.45) is 10.8 Å². The summed E-state index contributed by atoms with van der Waals surface area (Å²) in [4.78, 5) is 17.4. The summed E-state index contributed by atoms with van der Waals surface area (Å²) in [5.74, 6) is -8.57. The topological polar surface area (TPSA) is 227 Å². The van der Waals surface area contributed by atoms with Crippen LogP contribution in [0.5, 0.6) is 40.2 Å². The second kappa shape index (κ2) is 59.2. The van der Waals surface area contributed by atoms with Crippen molar-refractivity contribution in [1.29, 1.82) is 0 Å². The fourth-order valence-electron chi connectivity index (χ4n) is 15.2. The lowest BCUT2D eigenvalue weighted by Gasteiger charge is -2.31. The van der Waals surface area contributed by atoms with Gasteiger partial charge in [-0.2, -0.15) is 8.78 Å². The number of halogens is 4. The van der Waals surface area contributed by atoms with Crippen LogP contribution in [0.15, 0.2) is 391 Å². The highest BCUT2D eigenvalue weighted by Crippen LogP contribution is 2.39. The molecule has 762 valence electrons. The maximum Gasteiger partial charge on any atom is 0.344 e. The van der Waals surface area contributed by atoms with Gasteiger partial charge in [-0.15, -0.1) is 0 Å². The highest BCUT2D eigenvalue weighted by molar-refractivity contribution is 7.97. The molecule has 2 unspecified atom stereocenters. The zero-order valence-corrected chi connectivity index (χ0v) is 87.6. The standard InChI is InChI=1S/2C20H32O2.2C18H15S.C15H14O5S.C14H10F4O4S.2C8H10O/c2*1-5-16-11-13-18(14-12-16)22-19(15-20(2,3)4)21-17-9-7-6-8-10-17;2*1-4-10-16(11-5-1)19(17-12-6-2-7-13-17)18-14-8-3-9-15-18;1-2-11-7-9-12(10-8-11)20-15(16)13-5-3-4-6-14(13)21(17,18)19;1-2-7-3-5-8(6-4-7)22-13-9(15)11(17)14(23(19,20)21)12(18)10(13)16;2*1-2-7-3-5-8(9)6-4-7/h2*11-14,17,19H,5-10,15H2,1-4H3;2*1-15H;3-10H,2H2,1H3,(H,17,18,19);3-6H,2H2,1H3,(H,19,20,21);2*3-6,9H,2H2,1H3/q;;2*+1;;;;/p-2. The largest absolute Gasteiger partial charge is 0.744 e. The molecule has 14 aromatic carbocycles.